The van der Waals surface area contributed by atoms with Gasteiger partial charge in [0.1, 0.15) is 0 Å². The van der Waals surface area contributed by atoms with Crippen LogP contribution in [0.1, 0.15) is 31.2 Å². The topological polar surface area (TPSA) is 63.1 Å². The van der Waals surface area contributed by atoms with Gasteiger partial charge in [0.2, 0.25) is 5.91 Å². The van der Waals surface area contributed by atoms with Crippen LogP contribution in [0.2, 0.25) is 0 Å². The fourth-order valence-electron chi connectivity index (χ4n) is 3.20. The molecule has 0 saturated carbocycles. The Balaban J connectivity index is 1.39. The number of hydrogen-bond donors (Lipinski definition) is 1. The van der Waals surface area contributed by atoms with Crippen LogP contribution in [-0.4, -0.2) is 44.7 Å². The maximum absolute atomic E-state index is 12.1. The number of aryl methyl sites for hydroxylation is 1. The van der Waals surface area contributed by atoms with Crippen molar-refractivity contribution in [2.24, 2.45) is 0 Å². The Morgan fingerprint density at radius 1 is 1.33 bits per heavy atom. The molecule has 6 heteroatoms. The molecule has 1 atom stereocenters. The van der Waals surface area contributed by atoms with Crippen LogP contribution in [0.3, 0.4) is 0 Å². The van der Waals surface area contributed by atoms with E-state index in [4.69, 9.17) is 0 Å². The van der Waals surface area contributed by atoms with E-state index in [0.717, 1.165) is 45.4 Å². The zero-order valence-electron chi connectivity index (χ0n) is 14.0. The van der Waals surface area contributed by atoms with Crippen LogP contribution in [-0.2, 0) is 17.9 Å². The van der Waals surface area contributed by atoms with Crippen LogP contribution >= 0.6 is 0 Å². The van der Waals surface area contributed by atoms with Gasteiger partial charge in [-0.3, -0.25) is 19.4 Å². The van der Waals surface area contributed by atoms with Crippen LogP contribution in [0.25, 0.3) is 0 Å². The lowest BCUT2D eigenvalue weighted by Crippen LogP contribution is -2.47. The zero-order chi connectivity index (χ0) is 16.6. The van der Waals surface area contributed by atoms with E-state index in [2.05, 4.69) is 26.4 Å². The summed E-state index contributed by atoms with van der Waals surface area (Å²) < 4.78 is 1.86. The second-order valence-corrected chi connectivity index (χ2v) is 6.38. The van der Waals surface area contributed by atoms with Crippen molar-refractivity contribution in [2.75, 3.05) is 13.1 Å². The van der Waals surface area contributed by atoms with Crippen molar-refractivity contribution in [3.63, 3.8) is 0 Å². The highest BCUT2D eigenvalue weighted by molar-refractivity contribution is 5.76. The van der Waals surface area contributed by atoms with Gasteiger partial charge in [-0.25, -0.2) is 0 Å². The van der Waals surface area contributed by atoms with Crippen LogP contribution in [0.5, 0.6) is 0 Å². The minimum absolute atomic E-state index is 0.149. The summed E-state index contributed by atoms with van der Waals surface area (Å²) in [6.07, 6.45) is 11.0. The molecule has 24 heavy (non-hydrogen) atoms. The van der Waals surface area contributed by atoms with E-state index < -0.39 is 0 Å². The zero-order valence-corrected chi connectivity index (χ0v) is 14.0. The van der Waals surface area contributed by atoms with Crippen LogP contribution < -0.4 is 5.32 Å². The summed E-state index contributed by atoms with van der Waals surface area (Å²) in [6.45, 7) is 3.69. The molecule has 1 fully saturated rings. The summed E-state index contributed by atoms with van der Waals surface area (Å²) in [7, 11) is 0. The Hall–Kier alpha value is -2.21. The average Bonchev–Trinajstić information content (AvgIpc) is 3.09. The van der Waals surface area contributed by atoms with Gasteiger partial charge in [-0.15, -0.1) is 0 Å². The average molecular weight is 327 g/mol. The van der Waals surface area contributed by atoms with Gasteiger partial charge < -0.3 is 5.32 Å². The monoisotopic (exact) mass is 327 g/mol. The Morgan fingerprint density at radius 2 is 2.29 bits per heavy atom. The molecule has 0 unspecified atom stereocenters. The fourth-order valence-corrected chi connectivity index (χ4v) is 3.20. The summed E-state index contributed by atoms with van der Waals surface area (Å²) in [4.78, 5) is 18.7. The molecule has 0 radical (unpaired) electrons. The number of hydrogen-bond acceptors (Lipinski definition) is 4. The maximum atomic E-state index is 12.1. The number of piperidine rings is 1. The summed E-state index contributed by atoms with van der Waals surface area (Å²) in [6, 6.07) is 6.23. The van der Waals surface area contributed by atoms with Crippen molar-refractivity contribution < 1.29 is 4.79 Å². The third kappa shape index (κ3) is 5.16. The van der Waals surface area contributed by atoms with Crippen LogP contribution in [0.4, 0.5) is 0 Å². The smallest absolute Gasteiger partial charge is 0.220 e. The molecule has 1 saturated heterocycles. The third-order valence-electron chi connectivity index (χ3n) is 4.35. The van der Waals surface area contributed by atoms with Gasteiger partial charge >= 0.3 is 0 Å². The number of nitrogens with one attached hydrogen (secondary N) is 1. The Kier molecular flexibility index (Phi) is 5.96. The molecule has 2 aromatic rings. The number of nitrogens with zero attached hydrogens (tertiary/aromatic N) is 4. The van der Waals surface area contributed by atoms with E-state index >= 15 is 0 Å². The summed E-state index contributed by atoms with van der Waals surface area (Å²) in [5, 5.41) is 7.34. The first-order valence-corrected chi connectivity index (χ1v) is 8.67. The van der Waals surface area contributed by atoms with Crippen molar-refractivity contribution >= 4 is 5.91 Å². The summed E-state index contributed by atoms with van der Waals surface area (Å²) in [5.41, 5.74) is 1.23. The predicted molar refractivity (Wildman–Crippen MR) is 92.1 cm³/mol. The van der Waals surface area contributed by atoms with Crippen molar-refractivity contribution in [2.45, 2.75) is 44.8 Å². The van der Waals surface area contributed by atoms with Gasteiger partial charge in [-0.05, 0) is 43.5 Å². The molecule has 3 heterocycles. The maximum Gasteiger partial charge on any atom is 0.220 e. The molecule has 0 spiro atoms. The molecule has 1 aliphatic rings. The minimum atomic E-state index is 0.149. The second kappa shape index (κ2) is 8.59. The highest BCUT2D eigenvalue weighted by Gasteiger charge is 2.21. The van der Waals surface area contributed by atoms with Gasteiger partial charge in [0.05, 0.1) is 0 Å². The molecule has 3 rings (SSSR count). The number of likely N-dealkylation sites (tertiary alicyclic amines) is 1. The highest BCUT2D eigenvalue weighted by atomic mass is 16.1. The molecule has 1 N–H and O–H groups in total. The molecule has 6 nitrogen and oxygen atoms in total. The van der Waals surface area contributed by atoms with Gasteiger partial charge in [0, 0.05) is 56.9 Å². The van der Waals surface area contributed by atoms with Crippen molar-refractivity contribution in [3.05, 3.63) is 48.5 Å². The number of carbonyl (C=O) groups excluding carboxylic acids is 1. The lowest BCUT2D eigenvalue weighted by Gasteiger charge is -2.33. The summed E-state index contributed by atoms with van der Waals surface area (Å²) >= 11 is 0. The number of rotatable bonds is 7. The number of carbonyl (C=O) groups is 1. The highest BCUT2D eigenvalue weighted by Crippen LogP contribution is 2.13. The van der Waals surface area contributed by atoms with Crippen molar-refractivity contribution in [3.8, 4) is 0 Å². The van der Waals surface area contributed by atoms with Gasteiger partial charge in [-0.2, -0.15) is 5.10 Å². The first-order chi connectivity index (χ1) is 11.8. The summed E-state index contributed by atoms with van der Waals surface area (Å²) in [5.74, 6) is 0.149. The van der Waals surface area contributed by atoms with Crippen LogP contribution in [0, 0.1) is 0 Å². The number of pyridine rings is 1. The molecule has 0 bridgehead atoms. The molecule has 1 amide bonds. The standard InChI is InChI=1S/C18H25N5O/c24-18(7-3-11-23-12-4-9-20-23)21-17-6-2-10-22(15-17)14-16-5-1-8-19-13-16/h1,4-5,8-9,12-13,17H,2-3,6-7,10-11,14-15H2,(H,21,24)/t17-/m1/s1. The first-order valence-electron chi connectivity index (χ1n) is 8.67. The van der Waals surface area contributed by atoms with E-state index in [-0.39, 0.29) is 11.9 Å². The Bertz CT molecular complexity index is 614. The largest absolute Gasteiger partial charge is 0.352 e. The predicted octanol–water partition coefficient (Wildman–Crippen LogP) is 1.84. The van der Waals surface area contributed by atoms with Gasteiger partial charge in [0.15, 0.2) is 0 Å². The molecular weight excluding hydrogens is 302 g/mol. The molecule has 128 valence electrons. The SMILES string of the molecule is O=C(CCCn1cccn1)N[C@@H]1CCCN(Cc2cccnc2)C1. The fraction of sp³-hybridized carbons (Fsp3) is 0.500. The number of aromatic nitrogens is 3. The minimum Gasteiger partial charge on any atom is -0.352 e. The molecular formula is C18H25N5O. The third-order valence-corrected chi connectivity index (χ3v) is 4.35. The van der Waals surface area contributed by atoms with Crippen molar-refractivity contribution in [1.82, 2.24) is 25.0 Å². The normalized spacial score (nSPS) is 18.4. The Labute approximate surface area is 142 Å². The van der Waals surface area contributed by atoms with Gasteiger partial charge in [0.25, 0.3) is 0 Å². The van der Waals surface area contributed by atoms with E-state index in [1.54, 1.807) is 12.4 Å². The van der Waals surface area contributed by atoms with E-state index in [1.165, 1.54) is 5.56 Å². The van der Waals surface area contributed by atoms with Gasteiger partial charge in [-0.1, -0.05) is 6.07 Å². The molecule has 2 aromatic heterocycles. The second-order valence-electron chi connectivity index (χ2n) is 6.38. The molecule has 0 aromatic carbocycles. The lowest BCUT2D eigenvalue weighted by atomic mass is 10.0. The van der Waals surface area contributed by atoms with E-state index in [1.807, 2.05) is 29.2 Å². The quantitative estimate of drug-likeness (QED) is 0.843. The van der Waals surface area contributed by atoms with E-state index in [9.17, 15) is 4.79 Å². The lowest BCUT2D eigenvalue weighted by molar-refractivity contribution is -0.122. The molecule has 0 aliphatic carbocycles. The van der Waals surface area contributed by atoms with Crippen molar-refractivity contribution in [1.29, 1.82) is 0 Å². The Morgan fingerprint density at radius 3 is 3.08 bits per heavy atom. The molecule has 1 aliphatic heterocycles. The van der Waals surface area contributed by atoms with Crippen LogP contribution in [0.15, 0.2) is 43.0 Å². The van der Waals surface area contributed by atoms with E-state index in [0.29, 0.717) is 6.42 Å². The number of amides is 1. The first kappa shape index (κ1) is 16.6.